The number of ether oxygens (including phenoxy) is 2. The van der Waals surface area contributed by atoms with Crippen molar-refractivity contribution >= 4 is 11.8 Å². The minimum Gasteiger partial charge on any atom is -0.460 e. The van der Waals surface area contributed by atoms with Gasteiger partial charge in [-0.05, 0) is 12.1 Å². The van der Waals surface area contributed by atoms with Crippen molar-refractivity contribution in [2.45, 2.75) is 23.8 Å². The van der Waals surface area contributed by atoms with Gasteiger partial charge in [0.05, 0.1) is 6.61 Å². The fraction of sp³-hybridized carbons (Fsp3) is 0.222. The summed E-state index contributed by atoms with van der Waals surface area (Å²) < 4.78 is 27.6. The molecule has 1 aliphatic rings. The number of aromatic nitrogens is 3. The Bertz CT molecular complexity index is 885. The van der Waals surface area contributed by atoms with E-state index < -0.39 is 6.29 Å². The minimum absolute atomic E-state index is 0.294. The molecular weight excluding hydrogens is 341 g/mol. The molecule has 5 nitrogen and oxygen atoms in total. The molecule has 0 spiro atoms. The van der Waals surface area contributed by atoms with E-state index in [2.05, 4.69) is 10.2 Å². The van der Waals surface area contributed by atoms with E-state index in [1.165, 1.54) is 23.9 Å². The predicted octanol–water partition coefficient (Wildman–Crippen LogP) is 3.85. The maximum Gasteiger partial charge on any atom is 0.227 e. The molecule has 0 amide bonds. The van der Waals surface area contributed by atoms with Gasteiger partial charge in [-0.25, -0.2) is 4.39 Å². The van der Waals surface area contributed by atoms with Gasteiger partial charge in [0, 0.05) is 29.5 Å². The summed E-state index contributed by atoms with van der Waals surface area (Å²) in [6.45, 7) is 0.314. The van der Waals surface area contributed by atoms with E-state index in [4.69, 9.17) is 9.47 Å². The molecule has 0 bridgehead atoms. The average Bonchev–Trinajstić information content (AvgIpc) is 3.05. The first kappa shape index (κ1) is 16.1. The van der Waals surface area contributed by atoms with Crippen molar-refractivity contribution in [3.05, 3.63) is 71.3 Å². The normalized spacial score (nSPS) is 16.3. The smallest absolute Gasteiger partial charge is 0.227 e. The number of benzene rings is 2. The summed E-state index contributed by atoms with van der Waals surface area (Å²) in [5.41, 5.74) is 2.44. The molecule has 1 atom stereocenters. The van der Waals surface area contributed by atoms with Crippen LogP contribution in [0.3, 0.4) is 0 Å². The van der Waals surface area contributed by atoms with E-state index in [0.29, 0.717) is 18.1 Å². The molecule has 0 fully saturated rings. The Morgan fingerprint density at radius 2 is 2.12 bits per heavy atom. The first-order valence-corrected chi connectivity index (χ1v) is 8.80. The minimum atomic E-state index is -0.488. The highest BCUT2D eigenvalue weighted by atomic mass is 32.2. The molecule has 7 heteroatoms. The Hall–Kier alpha value is -2.38. The van der Waals surface area contributed by atoms with Crippen LogP contribution in [0, 0.1) is 5.82 Å². The van der Waals surface area contributed by atoms with Gasteiger partial charge >= 0.3 is 0 Å². The molecular formula is C18H16FN3O2S. The van der Waals surface area contributed by atoms with E-state index in [0.717, 1.165) is 21.8 Å². The highest BCUT2D eigenvalue weighted by Gasteiger charge is 2.25. The maximum absolute atomic E-state index is 14.0. The van der Waals surface area contributed by atoms with E-state index in [1.807, 2.05) is 41.9 Å². The molecule has 2 aromatic carbocycles. The van der Waals surface area contributed by atoms with Crippen LogP contribution >= 0.6 is 11.8 Å². The maximum atomic E-state index is 14.0. The molecule has 0 N–H and O–H groups in total. The fourth-order valence-corrected chi connectivity index (χ4v) is 3.56. The van der Waals surface area contributed by atoms with Crippen molar-refractivity contribution in [3.8, 4) is 5.75 Å². The van der Waals surface area contributed by atoms with Crippen molar-refractivity contribution < 1.29 is 13.9 Å². The van der Waals surface area contributed by atoms with Gasteiger partial charge in [-0.15, -0.1) is 10.2 Å². The van der Waals surface area contributed by atoms with Gasteiger partial charge in [-0.3, -0.25) is 0 Å². The molecule has 0 saturated heterocycles. The Morgan fingerprint density at radius 1 is 1.28 bits per heavy atom. The average molecular weight is 357 g/mol. The lowest BCUT2D eigenvalue weighted by Gasteiger charge is -2.28. The third-order valence-electron chi connectivity index (χ3n) is 3.92. The van der Waals surface area contributed by atoms with Crippen LogP contribution in [0.1, 0.15) is 23.0 Å². The lowest BCUT2D eigenvalue weighted by molar-refractivity contribution is -0.112. The number of rotatable bonds is 4. The van der Waals surface area contributed by atoms with Crippen LogP contribution in [0.4, 0.5) is 4.39 Å². The van der Waals surface area contributed by atoms with Gasteiger partial charge in [0.15, 0.2) is 5.16 Å². The zero-order valence-electron chi connectivity index (χ0n) is 13.6. The van der Waals surface area contributed by atoms with Crippen LogP contribution in [0.25, 0.3) is 0 Å². The van der Waals surface area contributed by atoms with E-state index in [1.54, 1.807) is 6.33 Å². The number of fused-ring (bicyclic) bond motifs is 1. The van der Waals surface area contributed by atoms with Gasteiger partial charge < -0.3 is 14.0 Å². The molecule has 4 rings (SSSR count). The quantitative estimate of drug-likeness (QED) is 0.664. The summed E-state index contributed by atoms with van der Waals surface area (Å²) in [7, 11) is 1.87. The first-order valence-electron chi connectivity index (χ1n) is 7.82. The Labute approximate surface area is 148 Å². The summed E-state index contributed by atoms with van der Waals surface area (Å²) in [6.07, 6.45) is 1.15. The molecule has 0 unspecified atom stereocenters. The Morgan fingerprint density at radius 3 is 2.88 bits per heavy atom. The number of hydrogen-bond donors (Lipinski definition) is 0. The van der Waals surface area contributed by atoms with E-state index in [-0.39, 0.29) is 5.82 Å². The van der Waals surface area contributed by atoms with Gasteiger partial charge in [0.2, 0.25) is 6.29 Å². The number of thioether (sulfide) groups is 1. The molecule has 1 aliphatic heterocycles. The molecule has 0 aliphatic carbocycles. The van der Waals surface area contributed by atoms with Crippen LogP contribution in [-0.2, 0) is 24.1 Å². The summed E-state index contributed by atoms with van der Waals surface area (Å²) in [5.74, 6) is 0.933. The van der Waals surface area contributed by atoms with E-state index in [9.17, 15) is 4.39 Å². The van der Waals surface area contributed by atoms with Gasteiger partial charge in [-0.1, -0.05) is 42.1 Å². The van der Waals surface area contributed by atoms with Crippen molar-refractivity contribution in [1.29, 1.82) is 0 Å². The second-order valence-electron chi connectivity index (χ2n) is 5.74. The molecule has 2 heterocycles. The molecule has 0 radical (unpaired) electrons. The van der Waals surface area contributed by atoms with Crippen molar-refractivity contribution in [1.82, 2.24) is 14.8 Å². The lowest BCUT2D eigenvalue weighted by Crippen LogP contribution is -2.19. The van der Waals surface area contributed by atoms with Gasteiger partial charge in [-0.2, -0.15) is 0 Å². The number of nitrogens with zero attached hydrogens (tertiary/aromatic N) is 3. The summed E-state index contributed by atoms with van der Waals surface area (Å²) in [5, 5.41) is 8.67. The Kier molecular flexibility index (Phi) is 4.42. The first-order chi connectivity index (χ1) is 12.2. The zero-order chi connectivity index (χ0) is 17.2. The highest BCUT2D eigenvalue weighted by molar-refractivity contribution is 7.98. The van der Waals surface area contributed by atoms with Crippen LogP contribution in [0.5, 0.6) is 5.75 Å². The lowest BCUT2D eigenvalue weighted by atomic mass is 10.1. The zero-order valence-corrected chi connectivity index (χ0v) is 14.4. The largest absolute Gasteiger partial charge is 0.460 e. The molecule has 3 aromatic rings. The Balaban J connectivity index is 1.60. The summed E-state index contributed by atoms with van der Waals surface area (Å²) >= 11 is 1.49. The van der Waals surface area contributed by atoms with Gasteiger partial charge in [0.25, 0.3) is 0 Å². The standard InChI is InChI=1S/C18H16FN3O2S/c1-22-11-20-21-18(22)25-10-14-8-15(19)7-13-9-23-17(24-16(13)14)12-5-3-2-4-6-12/h2-8,11,17H,9-10H2,1H3/t17-/m1/s1. The third kappa shape index (κ3) is 3.38. The fourth-order valence-electron chi connectivity index (χ4n) is 2.70. The molecule has 1 aromatic heterocycles. The van der Waals surface area contributed by atoms with Crippen LogP contribution in [0.2, 0.25) is 0 Å². The highest BCUT2D eigenvalue weighted by Crippen LogP contribution is 2.38. The van der Waals surface area contributed by atoms with Crippen LogP contribution in [-0.4, -0.2) is 14.8 Å². The number of hydrogen-bond acceptors (Lipinski definition) is 5. The second-order valence-corrected chi connectivity index (χ2v) is 6.68. The van der Waals surface area contributed by atoms with Crippen LogP contribution < -0.4 is 4.74 Å². The topological polar surface area (TPSA) is 49.2 Å². The molecule has 25 heavy (non-hydrogen) atoms. The van der Waals surface area contributed by atoms with E-state index >= 15 is 0 Å². The van der Waals surface area contributed by atoms with Crippen molar-refractivity contribution in [3.63, 3.8) is 0 Å². The predicted molar refractivity (Wildman–Crippen MR) is 91.6 cm³/mol. The molecule has 128 valence electrons. The van der Waals surface area contributed by atoms with Crippen LogP contribution in [0.15, 0.2) is 53.9 Å². The number of aryl methyl sites for hydroxylation is 1. The van der Waals surface area contributed by atoms with Crippen molar-refractivity contribution in [2.75, 3.05) is 0 Å². The monoisotopic (exact) mass is 357 g/mol. The molecule has 0 saturated carbocycles. The summed E-state index contributed by atoms with van der Waals surface area (Å²) in [6, 6.07) is 12.7. The summed E-state index contributed by atoms with van der Waals surface area (Å²) in [4.78, 5) is 0. The second kappa shape index (κ2) is 6.85. The van der Waals surface area contributed by atoms with Crippen molar-refractivity contribution in [2.24, 2.45) is 7.05 Å². The number of halogens is 1. The third-order valence-corrected chi connectivity index (χ3v) is 5.00. The SMILES string of the molecule is Cn1cnnc1SCc1cc(F)cc2c1O[C@H](c1ccccc1)OC2. The van der Waals surface area contributed by atoms with Gasteiger partial charge in [0.1, 0.15) is 17.9 Å².